The Morgan fingerprint density at radius 3 is 2.45 bits per heavy atom. The number of carbonyl (C=O) groups is 1. The van der Waals surface area contributed by atoms with Gasteiger partial charge in [0.05, 0.1) is 11.6 Å². The largest absolute Gasteiger partial charge is 0.355 e. The second-order valence-corrected chi connectivity index (χ2v) is 5.27. The molecule has 22 heavy (non-hydrogen) atoms. The summed E-state index contributed by atoms with van der Waals surface area (Å²) < 4.78 is 0. The molecular weight excluding hydrogens is 276 g/mol. The predicted molar refractivity (Wildman–Crippen MR) is 86.1 cm³/mol. The molecule has 1 aliphatic carbocycles. The number of urea groups is 1. The molecule has 0 atom stereocenters. The quantitative estimate of drug-likeness (QED) is 0.806. The van der Waals surface area contributed by atoms with Crippen molar-refractivity contribution in [3.8, 4) is 6.07 Å². The van der Waals surface area contributed by atoms with Crippen LogP contribution in [0.2, 0.25) is 0 Å². The van der Waals surface area contributed by atoms with Crippen molar-refractivity contribution in [3.05, 3.63) is 54.1 Å². The molecule has 1 saturated carbocycles. The maximum absolute atomic E-state index is 11.6. The highest BCUT2D eigenvalue weighted by Crippen LogP contribution is 2.21. The van der Waals surface area contributed by atoms with Crippen molar-refractivity contribution in [2.75, 3.05) is 10.6 Å². The highest BCUT2D eigenvalue weighted by molar-refractivity contribution is 5.89. The van der Waals surface area contributed by atoms with E-state index in [0.717, 1.165) is 29.9 Å². The van der Waals surface area contributed by atoms with Gasteiger partial charge in [0.1, 0.15) is 0 Å². The van der Waals surface area contributed by atoms with Crippen molar-refractivity contribution in [1.29, 1.82) is 5.26 Å². The summed E-state index contributed by atoms with van der Waals surface area (Å²) in [5.41, 5.74) is 3.10. The van der Waals surface area contributed by atoms with Crippen LogP contribution in [-0.2, 0) is 0 Å². The van der Waals surface area contributed by atoms with Crippen molar-refractivity contribution in [2.45, 2.75) is 18.9 Å². The zero-order valence-electron chi connectivity index (χ0n) is 12.0. The molecule has 5 nitrogen and oxygen atoms in total. The fourth-order valence-corrected chi connectivity index (χ4v) is 2.05. The van der Waals surface area contributed by atoms with E-state index < -0.39 is 0 Å². The lowest BCUT2D eigenvalue weighted by Gasteiger charge is -2.09. The van der Waals surface area contributed by atoms with E-state index in [1.54, 1.807) is 12.1 Å². The number of nitriles is 1. The Balaban J connectivity index is 1.60. The lowest BCUT2D eigenvalue weighted by molar-refractivity contribution is 0.251. The van der Waals surface area contributed by atoms with Gasteiger partial charge in [-0.1, -0.05) is 6.07 Å². The number of hydrogen-bond donors (Lipinski definition) is 3. The Hall–Kier alpha value is -3.00. The van der Waals surface area contributed by atoms with Crippen LogP contribution in [0.3, 0.4) is 0 Å². The summed E-state index contributed by atoms with van der Waals surface area (Å²) in [7, 11) is 0. The molecule has 0 aromatic heterocycles. The van der Waals surface area contributed by atoms with Gasteiger partial charge < -0.3 is 16.0 Å². The molecule has 0 saturated heterocycles. The Morgan fingerprint density at radius 1 is 1.05 bits per heavy atom. The molecule has 0 aliphatic heterocycles. The van der Waals surface area contributed by atoms with E-state index in [4.69, 9.17) is 5.26 Å². The Kier molecular flexibility index (Phi) is 3.92. The van der Waals surface area contributed by atoms with Crippen LogP contribution in [-0.4, -0.2) is 12.1 Å². The summed E-state index contributed by atoms with van der Waals surface area (Å²) in [5, 5.41) is 17.8. The molecule has 0 heterocycles. The van der Waals surface area contributed by atoms with Crippen molar-refractivity contribution >= 4 is 23.1 Å². The molecule has 2 aromatic rings. The van der Waals surface area contributed by atoms with Crippen LogP contribution in [0.5, 0.6) is 0 Å². The smallest absolute Gasteiger partial charge is 0.319 e. The van der Waals surface area contributed by atoms with E-state index in [9.17, 15) is 4.79 Å². The van der Waals surface area contributed by atoms with Crippen LogP contribution in [0.15, 0.2) is 48.5 Å². The molecule has 110 valence electrons. The average molecular weight is 292 g/mol. The standard InChI is InChI=1S/C17H16N4O/c18-11-12-2-1-3-16(10-12)19-13-4-6-14(7-5-13)20-17(22)21-15-8-9-15/h1-7,10,15,19H,8-9H2,(H2,20,21,22). The van der Waals surface area contributed by atoms with Crippen LogP contribution < -0.4 is 16.0 Å². The average Bonchev–Trinajstić information content (AvgIpc) is 3.33. The Morgan fingerprint density at radius 2 is 1.77 bits per heavy atom. The summed E-state index contributed by atoms with van der Waals surface area (Å²) in [6.45, 7) is 0. The molecule has 3 rings (SSSR count). The first-order chi connectivity index (χ1) is 10.7. The van der Waals surface area contributed by atoms with Gasteiger partial charge in [-0.3, -0.25) is 0 Å². The van der Waals surface area contributed by atoms with E-state index in [0.29, 0.717) is 11.6 Å². The summed E-state index contributed by atoms with van der Waals surface area (Å²) in [4.78, 5) is 11.6. The molecule has 5 heteroatoms. The van der Waals surface area contributed by atoms with E-state index in [1.807, 2.05) is 36.4 Å². The van der Waals surface area contributed by atoms with Gasteiger partial charge in [0.2, 0.25) is 0 Å². The zero-order valence-corrected chi connectivity index (χ0v) is 12.0. The zero-order chi connectivity index (χ0) is 15.4. The third kappa shape index (κ3) is 3.76. The number of anilines is 3. The van der Waals surface area contributed by atoms with Gasteiger partial charge in [0.25, 0.3) is 0 Å². The van der Waals surface area contributed by atoms with E-state index in [1.165, 1.54) is 0 Å². The van der Waals surface area contributed by atoms with E-state index >= 15 is 0 Å². The third-order valence-corrected chi connectivity index (χ3v) is 3.34. The monoisotopic (exact) mass is 292 g/mol. The maximum atomic E-state index is 11.6. The second kappa shape index (κ2) is 6.19. The first kappa shape index (κ1) is 14.0. The molecule has 0 bridgehead atoms. The van der Waals surface area contributed by atoms with Gasteiger partial charge in [-0.15, -0.1) is 0 Å². The lowest BCUT2D eigenvalue weighted by Crippen LogP contribution is -2.30. The molecule has 0 spiro atoms. The highest BCUT2D eigenvalue weighted by Gasteiger charge is 2.23. The predicted octanol–water partition coefficient (Wildman–Crippen LogP) is 3.59. The summed E-state index contributed by atoms with van der Waals surface area (Å²) in [5.74, 6) is 0. The van der Waals surface area contributed by atoms with Crippen LogP contribution in [0.25, 0.3) is 0 Å². The van der Waals surface area contributed by atoms with Crippen LogP contribution >= 0.6 is 0 Å². The van der Waals surface area contributed by atoms with Crippen LogP contribution in [0.1, 0.15) is 18.4 Å². The van der Waals surface area contributed by atoms with Gasteiger partial charge >= 0.3 is 6.03 Å². The molecular formula is C17H16N4O. The fraction of sp³-hybridized carbons (Fsp3) is 0.176. The normalized spacial score (nSPS) is 13.0. The molecule has 2 amide bonds. The summed E-state index contributed by atoms with van der Waals surface area (Å²) in [6.07, 6.45) is 2.13. The number of carbonyl (C=O) groups excluding carboxylic acids is 1. The summed E-state index contributed by atoms with van der Waals surface area (Å²) in [6, 6.07) is 17.0. The van der Waals surface area contributed by atoms with Gasteiger partial charge in [0, 0.05) is 23.1 Å². The van der Waals surface area contributed by atoms with Crippen molar-refractivity contribution in [3.63, 3.8) is 0 Å². The Labute approximate surface area is 129 Å². The number of benzene rings is 2. The number of nitrogens with zero attached hydrogens (tertiary/aromatic N) is 1. The topological polar surface area (TPSA) is 77.0 Å². The van der Waals surface area contributed by atoms with E-state index in [2.05, 4.69) is 22.0 Å². The third-order valence-electron chi connectivity index (χ3n) is 3.34. The highest BCUT2D eigenvalue weighted by atomic mass is 16.2. The second-order valence-electron chi connectivity index (χ2n) is 5.27. The van der Waals surface area contributed by atoms with Gasteiger partial charge in [0.15, 0.2) is 0 Å². The number of rotatable bonds is 4. The molecule has 0 unspecified atom stereocenters. The van der Waals surface area contributed by atoms with Crippen molar-refractivity contribution in [1.82, 2.24) is 5.32 Å². The van der Waals surface area contributed by atoms with Crippen molar-refractivity contribution < 1.29 is 4.79 Å². The van der Waals surface area contributed by atoms with Crippen LogP contribution in [0, 0.1) is 11.3 Å². The van der Waals surface area contributed by atoms with Crippen molar-refractivity contribution in [2.24, 2.45) is 0 Å². The SMILES string of the molecule is N#Cc1cccc(Nc2ccc(NC(=O)NC3CC3)cc2)c1. The number of amides is 2. The van der Waals surface area contributed by atoms with E-state index in [-0.39, 0.29) is 6.03 Å². The van der Waals surface area contributed by atoms with Gasteiger partial charge in [-0.25, -0.2) is 4.79 Å². The fourth-order valence-electron chi connectivity index (χ4n) is 2.05. The number of nitrogens with one attached hydrogen (secondary N) is 3. The lowest BCUT2D eigenvalue weighted by atomic mass is 10.2. The summed E-state index contributed by atoms with van der Waals surface area (Å²) >= 11 is 0. The number of hydrogen-bond acceptors (Lipinski definition) is 3. The molecule has 0 radical (unpaired) electrons. The molecule has 1 fully saturated rings. The maximum Gasteiger partial charge on any atom is 0.319 e. The minimum absolute atomic E-state index is 0.162. The Bertz CT molecular complexity index is 714. The minimum atomic E-state index is -0.162. The minimum Gasteiger partial charge on any atom is -0.355 e. The molecule has 1 aliphatic rings. The first-order valence-corrected chi connectivity index (χ1v) is 7.18. The van der Waals surface area contributed by atoms with Crippen LogP contribution in [0.4, 0.5) is 21.9 Å². The first-order valence-electron chi connectivity index (χ1n) is 7.18. The molecule has 3 N–H and O–H groups in total. The molecule has 2 aromatic carbocycles. The van der Waals surface area contributed by atoms with Gasteiger partial charge in [-0.05, 0) is 55.3 Å². The van der Waals surface area contributed by atoms with Gasteiger partial charge in [-0.2, -0.15) is 5.26 Å².